The van der Waals surface area contributed by atoms with Gasteiger partial charge in [0.05, 0.1) is 7.11 Å². The number of hydrogen-bond acceptors (Lipinski definition) is 3. The molecule has 16 heavy (non-hydrogen) atoms. The summed E-state index contributed by atoms with van der Waals surface area (Å²) in [5.74, 6) is 0.715. The Morgan fingerprint density at radius 1 is 1.44 bits per heavy atom. The van der Waals surface area contributed by atoms with Gasteiger partial charge in [0.25, 0.3) is 5.91 Å². The van der Waals surface area contributed by atoms with Crippen molar-refractivity contribution >= 4 is 5.91 Å². The maximum Gasteiger partial charge on any atom is 0.253 e. The lowest BCUT2D eigenvalue weighted by molar-refractivity contribution is 0.0748. The van der Waals surface area contributed by atoms with Crippen molar-refractivity contribution < 1.29 is 9.53 Å². The van der Waals surface area contributed by atoms with Gasteiger partial charge in [-0.2, -0.15) is 0 Å². The first-order chi connectivity index (χ1) is 7.60. The topological polar surface area (TPSA) is 55.6 Å². The van der Waals surface area contributed by atoms with Crippen molar-refractivity contribution in [1.29, 1.82) is 0 Å². The molecule has 0 aliphatic heterocycles. The van der Waals surface area contributed by atoms with Gasteiger partial charge in [-0.15, -0.1) is 0 Å². The summed E-state index contributed by atoms with van der Waals surface area (Å²) in [6.45, 7) is 2.37. The summed E-state index contributed by atoms with van der Waals surface area (Å²) in [7, 11) is 3.35. The van der Waals surface area contributed by atoms with E-state index < -0.39 is 0 Å². The Bertz CT molecular complexity index is 349. The van der Waals surface area contributed by atoms with Crippen molar-refractivity contribution in [3.05, 3.63) is 29.8 Å². The monoisotopic (exact) mass is 222 g/mol. The lowest BCUT2D eigenvalue weighted by atomic mass is 10.1. The van der Waals surface area contributed by atoms with Crippen LogP contribution in [0.4, 0.5) is 0 Å². The van der Waals surface area contributed by atoms with Crippen molar-refractivity contribution in [3.8, 4) is 5.75 Å². The minimum absolute atomic E-state index is 0.0272. The summed E-state index contributed by atoms with van der Waals surface area (Å²) in [6, 6.07) is 7.08. The summed E-state index contributed by atoms with van der Waals surface area (Å²) in [6.07, 6.45) is 0. The zero-order valence-corrected chi connectivity index (χ0v) is 9.93. The van der Waals surface area contributed by atoms with E-state index in [0.29, 0.717) is 12.1 Å². The molecule has 0 bridgehead atoms. The first-order valence-electron chi connectivity index (χ1n) is 5.21. The third-order valence-corrected chi connectivity index (χ3v) is 2.66. The number of likely N-dealkylation sites (N-methyl/N-ethyl adjacent to an activating group) is 1. The molecular formula is C12H18N2O2. The van der Waals surface area contributed by atoms with Crippen LogP contribution in [-0.2, 0) is 0 Å². The molecule has 1 amide bonds. The van der Waals surface area contributed by atoms with Gasteiger partial charge in [-0.25, -0.2) is 0 Å². The molecule has 1 atom stereocenters. The van der Waals surface area contributed by atoms with E-state index >= 15 is 0 Å². The summed E-state index contributed by atoms with van der Waals surface area (Å²) in [5, 5.41) is 0. The van der Waals surface area contributed by atoms with Crippen molar-refractivity contribution in [3.63, 3.8) is 0 Å². The number of amides is 1. The normalized spacial score (nSPS) is 12.0. The van der Waals surface area contributed by atoms with E-state index in [1.54, 1.807) is 43.3 Å². The number of rotatable bonds is 4. The smallest absolute Gasteiger partial charge is 0.253 e. The molecule has 1 aromatic carbocycles. The quantitative estimate of drug-likeness (QED) is 0.830. The van der Waals surface area contributed by atoms with E-state index in [1.807, 2.05) is 6.92 Å². The second-order valence-electron chi connectivity index (χ2n) is 3.73. The predicted octanol–water partition coefficient (Wildman–Crippen LogP) is 1.11. The van der Waals surface area contributed by atoms with Crippen LogP contribution in [0.1, 0.15) is 17.3 Å². The van der Waals surface area contributed by atoms with Gasteiger partial charge in [-0.1, -0.05) is 0 Å². The molecule has 1 rings (SSSR count). The number of carbonyl (C=O) groups excluding carboxylic acids is 1. The van der Waals surface area contributed by atoms with Crippen molar-refractivity contribution in [1.82, 2.24) is 4.90 Å². The van der Waals surface area contributed by atoms with Gasteiger partial charge in [0.15, 0.2) is 0 Å². The molecule has 2 N–H and O–H groups in total. The van der Waals surface area contributed by atoms with Crippen LogP contribution in [0.3, 0.4) is 0 Å². The van der Waals surface area contributed by atoms with Gasteiger partial charge in [0, 0.05) is 25.2 Å². The fourth-order valence-electron chi connectivity index (χ4n) is 1.30. The number of nitrogens with zero attached hydrogens (tertiary/aromatic N) is 1. The number of hydrogen-bond donors (Lipinski definition) is 1. The zero-order chi connectivity index (χ0) is 12.1. The molecule has 4 nitrogen and oxygen atoms in total. The van der Waals surface area contributed by atoms with Crippen molar-refractivity contribution in [2.45, 2.75) is 13.0 Å². The molecule has 0 heterocycles. The fourth-order valence-corrected chi connectivity index (χ4v) is 1.30. The lowest BCUT2D eigenvalue weighted by Gasteiger charge is -2.23. The minimum Gasteiger partial charge on any atom is -0.497 e. The van der Waals surface area contributed by atoms with E-state index in [9.17, 15) is 4.79 Å². The molecule has 0 radical (unpaired) electrons. The average molecular weight is 222 g/mol. The highest BCUT2D eigenvalue weighted by Gasteiger charge is 2.15. The van der Waals surface area contributed by atoms with E-state index in [0.717, 1.165) is 5.75 Å². The molecule has 88 valence electrons. The van der Waals surface area contributed by atoms with E-state index in [1.165, 1.54) is 0 Å². The number of ether oxygens (including phenoxy) is 1. The highest BCUT2D eigenvalue weighted by atomic mass is 16.5. The molecule has 0 saturated carbocycles. The van der Waals surface area contributed by atoms with Crippen LogP contribution in [0.15, 0.2) is 24.3 Å². The third-order valence-electron chi connectivity index (χ3n) is 2.66. The van der Waals surface area contributed by atoms with E-state index in [4.69, 9.17) is 10.5 Å². The Morgan fingerprint density at radius 3 is 2.44 bits per heavy atom. The highest BCUT2D eigenvalue weighted by Crippen LogP contribution is 2.13. The molecule has 0 saturated heterocycles. The van der Waals surface area contributed by atoms with Crippen LogP contribution >= 0.6 is 0 Å². The van der Waals surface area contributed by atoms with E-state index in [-0.39, 0.29) is 11.9 Å². The molecule has 4 heteroatoms. The molecule has 0 aliphatic carbocycles. The van der Waals surface area contributed by atoms with Gasteiger partial charge in [-0.05, 0) is 31.2 Å². The Labute approximate surface area is 96.0 Å². The number of benzene rings is 1. The zero-order valence-electron chi connectivity index (χ0n) is 9.93. The van der Waals surface area contributed by atoms with Crippen molar-refractivity contribution in [2.75, 3.05) is 20.7 Å². The molecule has 0 spiro atoms. The highest BCUT2D eigenvalue weighted by molar-refractivity contribution is 5.94. The summed E-state index contributed by atoms with van der Waals surface area (Å²) in [4.78, 5) is 13.6. The van der Waals surface area contributed by atoms with Crippen LogP contribution in [0.2, 0.25) is 0 Å². The Balaban J connectivity index is 2.80. The second kappa shape index (κ2) is 5.51. The third kappa shape index (κ3) is 2.73. The Kier molecular flexibility index (Phi) is 4.31. The average Bonchev–Trinajstić information content (AvgIpc) is 2.36. The number of nitrogens with two attached hydrogens (primary N) is 1. The Hall–Kier alpha value is -1.55. The molecule has 0 aliphatic rings. The second-order valence-corrected chi connectivity index (χ2v) is 3.73. The van der Waals surface area contributed by atoms with Crippen molar-refractivity contribution in [2.24, 2.45) is 5.73 Å². The number of methoxy groups -OCH3 is 1. The summed E-state index contributed by atoms with van der Waals surface area (Å²) >= 11 is 0. The van der Waals surface area contributed by atoms with Crippen LogP contribution in [0, 0.1) is 0 Å². The molecule has 1 aromatic rings. The van der Waals surface area contributed by atoms with Crippen LogP contribution in [-0.4, -0.2) is 37.6 Å². The molecular weight excluding hydrogens is 204 g/mol. The first-order valence-corrected chi connectivity index (χ1v) is 5.21. The Morgan fingerprint density at radius 2 is 2.00 bits per heavy atom. The largest absolute Gasteiger partial charge is 0.497 e. The minimum atomic E-state index is -0.0272. The van der Waals surface area contributed by atoms with Gasteiger partial charge in [0.2, 0.25) is 0 Å². The maximum absolute atomic E-state index is 12.0. The molecule has 0 fully saturated rings. The van der Waals surface area contributed by atoms with E-state index in [2.05, 4.69) is 0 Å². The standard InChI is InChI=1S/C12H18N2O2/c1-9(8-13)14(2)12(15)10-4-6-11(16-3)7-5-10/h4-7,9H,8,13H2,1-3H3. The first kappa shape index (κ1) is 12.5. The van der Waals surface area contributed by atoms with Gasteiger partial charge in [-0.3, -0.25) is 4.79 Å². The van der Waals surface area contributed by atoms with Crippen LogP contribution < -0.4 is 10.5 Å². The molecule has 0 aromatic heterocycles. The van der Waals surface area contributed by atoms with Gasteiger partial charge < -0.3 is 15.4 Å². The predicted molar refractivity (Wildman–Crippen MR) is 63.6 cm³/mol. The SMILES string of the molecule is COc1ccc(C(=O)N(C)C(C)CN)cc1. The molecule has 1 unspecified atom stereocenters. The van der Waals surface area contributed by atoms with Crippen LogP contribution in [0.5, 0.6) is 5.75 Å². The fraction of sp³-hybridized carbons (Fsp3) is 0.417. The van der Waals surface area contributed by atoms with Gasteiger partial charge >= 0.3 is 0 Å². The summed E-state index contributed by atoms with van der Waals surface area (Å²) in [5.41, 5.74) is 6.16. The summed E-state index contributed by atoms with van der Waals surface area (Å²) < 4.78 is 5.03. The number of carbonyl (C=O) groups is 1. The van der Waals surface area contributed by atoms with Crippen LogP contribution in [0.25, 0.3) is 0 Å². The lowest BCUT2D eigenvalue weighted by Crippen LogP contribution is -2.39. The maximum atomic E-state index is 12.0. The van der Waals surface area contributed by atoms with Gasteiger partial charge in [0.1, 0.15) is 5.75 Å².